The molecular formula is C13H14BrN3OS. The molecule has 0 saturated heterocycles. The van der Waals surface area contributed by atoms with Gasteiger partial charge in [-0.2, -0.15) is 0 Å². The van der Waals surface area contributed by atoms with Gasteiger partial charge in [0.2, 0.25) is 0 Å². The van der Waals surface area contributed by atoms with Crippen molar-refractivity contribution in [1.29, 1.82) is 0 Å². The van der Waals surface area contributed by atoms with Crippen LogP contribution in [0.15, 0.2) is 46.3 Å². The Hall–Kier alpha value is -1.27. The van der Waals surface area contributed by atoms with Crippen LogP contribution in [0, 0.1) is 0 Å². The highest BCUT2D eigenvalue weighted by molar-refractivity contribution is 9.10. The first kappa shape index (κ1) is 14.1. The van der Waals surface area contributed by atoms with E-state index in [1.165, 1.54) is 0 Å². The summed E-state index contributed by atoms with van der Waals surface area (Å²) < 4.78 is 2.69. The predicted octanol–water partition coefficient (Wildman–Crippen LogP) is 2.75. The first-order chi connectivity index (χ1) is 9.06. The molecule has 1 atom stereocenters. The number of imidazole rings is 1. The number of rotatable bonds is 4. The van der Waals surface area contributed by atoms with Gasteiger partial charge >= 0.3 is 0 Å². The van der Waals surface area contributed by atoms with Crippen LogP contribution in [-0.2, 0) is 6.54 Å². The topological polar surface area (TPSA) is 46.9 Å². The summed E-state index contributed by atoms with van der Waals surface area (Å²) in [7, 11) is 0. The Labute approximate surface area is 125 Å². The van der Waals surface area contributed by atoms with Gasteiger partial charge in [0.25, 0.3) is 5.91 Å². The Morgan fingerprint density at radius 3 is 3.05 bits per heavy atom. The quantitative estimate of drug-likeness (QED) is 0.841. The summed E-state index contributed by atoms with van der Waals surface area (Å²) in [4.78, 5) is 16.9. The van der Waals surface area contributed by atoms with Crippen molar-refractivity contribution in [3.63, 3.8) is 0 Å². The summed E-state index contributed by atoms with van der Waals surface area (Å²) in [6.07, 6.45) is 5.31. The molecule has 0 saturated carbocycles. The van der Waals surface area contributed by atoms with Gasteiger partial charge in [-0.25, -0.2) is 4.98 Å². The molecule has 4 nitrogen and oxygen atoms in total. The monoisotopic (exact) mass is 339 g/mol. The Kier molecular flexibility index (Phi) is 4.66. The number of carbonyl (C=O) groups is 1. The molecule has 100 valence electrons. The molecule has 0 fully saturated rings. The highest BCUT2D eigenvalue weighted by Crippen LogP contribution is 2.20. The number of aromatic nitrogens is 2. The number of carbonyl (C=O) groups excluding carboxylic acids is 1. The maximum absolute atomic E-state index is 12.2. The van der Waals surface area contributed by atoms with Gasteiger partial charge < -0.3 is 9.88 Å². The Morgan fingerprint density at radius 1 is 1.58 bits per heavy atom. The van der Waals surface area contributed by atoms with Crippen LogP contribution in [0.2, 0.25) is 0 Å². The van der Waals surface area contributed by atoms with Gasteiger partial charge in [0.15, 0.2) is 0 Å². The van der Waals surface area contributed by atoms with Crippen molar-refractivity contribution in [2.45, 2.75) is 24.4 Å². The number of amides is 1. The largest absolute Gasteiger partial charge is 0.348 e. The second-order valence-electron chi connectivity index (χ2n) is 4.30. The highest BCUT2D eigenvalue weighted by atomic mass is 79.9. The third-order valence-corrected chi connectivity index (χ3v) is 3.59. The number of nitrogens with one attached hydrogen (secondary N) is 1. The molecule has 0 aliphatic carbocycles. The molecule has 2 aromatic rings. The molecule has 0 aliphatic heterocycles. The minimum atomic E-state index is -0.115. The molecule has 1 unspecified atom stereocenters. The second kappa shape index (κ2) is 6.25. The molecule has 0 aliphatic rings. The number of hydrogen-bond acceptors (Lipinski definition) is 3. The SMILES string of the molecule is CC(Cn1ccnc1)NC(=O)c1cc(S)ccc1Br. The zero-order valence-corrected chi connectivity index (χ0v) is 12.9. The molecule has 2 rings (SSSR count). The molecule has 0 bridgehead atoms. The van der Waals surface area contributed by atoms with E-state index in [4.69, 9.17) is 0 Å². The molecule has 6 heteroatoms. The van der Waals surface area contributed by atoms with Crippen LogP contribution in [-0.4, -0.2) is 21.5 Å². The lowest BCUT2D eigenvalue weighted by molar-refractivity contribution is 0.0935. The van der Waals surface area contributed by atoms with Crippen molar-refractivity contribution in [3.8, 4) is 0 Å². The molecule has 0 radical (unpaired) electrons. The van der Waals surface area contributed by atoms with Gasteiger partial charge in [-0.05, 0) is 41.1 Å². The van der Waals surface area contributed by atoms with E-state index in [2.05, 4.69) is 38.9 Å². The van der Waals surface area contributed by atoms with Gasteiger partial charge in [0, 0.05) is 34.3 Å². The number of hydrogen-bond donors (Lipinski definition) is 2. The van der Waals surface area contributed by atoms with Crippen LogP contribution in [0.1, 0.15) is 17.3 Å². The van der Waals surface area contributed by atoms with E-state index in [1.807, 2.05) is 29.8 Å². The van der Waals surface area contributed by atoms with E-state index >= 15 is 0 Å². The summed E-state index contributed by atoms with van der Waals surface area (Å²) in [5.74, 6) is -0.115. The van der Waals surface area contributed by atoms with E-state index < -0.39 is 0 Å². The average molecular weight is 340 g/mol. The second-order valence-corrected chi connectivity index (χ2v) is 5.67. The molecule has 1 amide bonds. The maximum Gasteiger partial charge on any atom is 0.252 e. The minimum absolute atomic E-state index is 0.0113. The molecule has 1 aromatic carbocycles. The molecule has 19 heavy (non-hydrogen) atoms. The standard InChI is InChI=1S/C13H14BrN3OS/c1-9(7-17-5-4-15-8-17)16-13(18)11-6-10(19)2-3-12(11)14/h2-6,8-9,19H,7H2,1H3,(H,16,18). The van der Waals surface area contributed by atoms with Crippen LogP contribution in [0.4, 0.5) is 0 Å². The molecule has 1 aromatic heterocycles. The Morgan fingerprint density at radius 2 is 2.37 bits per heavy atom. The van der Waals surface area contributed by atoms with Crippen LogP contribution in [0.5, 0.6) is 0 Å². The van der Waals surface area contributed by atoms with E-state index in [0.29, 0.717) is 12.1 Å². The number of nitrogens with zero attached hydrogens (tertiary/aromatic N) is 2. The normalized spacial score (nSPS) is 12.2. The zero-order valence-electron chi connectivity index (χ0n) is 10.4. The van der Waals surface area contributed by atoms with Crippen LogP contribution < -0.4 is 5.32 Å². The maximum atomic E-state index is 12.2. The lowest BCUT2D eigenvalue weighted by Crippen LogP contribution is -2.35. The molecule has 1 N–H and O–H groups in total. The van der Waals surface area contributed by atoms with Crippen LogP contribution >= 0.6 is 28.6 Å². The smallest absolute Gasteiger partial charge is 0.252 e. The van der Waals surface area contributed by atoms with E-state index in [0.717, 1.165) is 9.37 Å². The fourth-order valence-corrected chi connectivity index (χ4v) is 2.38. The lowest BCUT2D eigenvalue weighted by atomic mass is 10.2. The van der Waals surface area contributed by atoms with E-state index in [9.17, 15) is 4.79 Å². The van der Waals surface area contributed by atoms with Gasteiger partial charge in [-0.15, -0.1) is 12.6 Å². The molecule has 1 heterocycles. The lowest BCUT2D eigenvalue weighted by Gasteiger charge is -2.15. The van der Waals surface area contributed by atoms with Crippen molar-refractivity contribution in [1.82, 2.24) is 14.9 Å². The number of thiol groups is 1. The third kappa shape index (κ3) is 3.84. The third-order valence-electron chi connectivity index (χ3n) is 2.62. The molecule has 0 spiro atoms. The fourth-order valence-electron chi connectivity index (χ4n) is 1.75. The van der Waals surface area contributed by atoms with E-state index in [-0.39, 0.29) is 11.9 Å². The van der Waals surface area contributed by atoms with Crippen molar-refractivity contribution in [2.75, 3.05) is 0 Å². The van der Waals surface area contributed by atoms with Gasteiger partial charge in [0.05, 0.1) is 11.9 Å². The number of halogens is 1. The molecular weight excluding hydrogens is 326 g/mol. The first-order valence-corrected chi connectivity index (χ1v) is 7.05. The van der Waals surface area contributed by atoms with Gasteiger partial charge in [-0.1, -0.05) is 0 Å². The van der Waals surface area contributed by atoms with Crippen molar-refractivity contribution >= 4 is 34.5 Å². The van der Waals surface area contributed by atoms with E-state index in [1.54, 1.807) is 18.6 Å². The first-order valence-electron chi connectivity index (χ1n) is 5.81. The summed E-state index contributed by atoms with van der Waals surface area (Å²) in [6.45, 7) is 2.64. The summed E-state index contributed by atoms with van der Waals surface area (Å²) in [5, 5.41) is 2.95. The number of benzene rings is 1. The summed E-state index contributed by atoms with van der Waals surface area (Å²) >= 11 is 7.62. The predicted molar refractivity (Wildman–Crippen MR) is 80.5 cm³/mol. The van der Waals surface area contributed by atoms with Crippen molar-refractivity contribution in [2.24, 2.45) is 0 Å². The summed E-state index contributed by atoms with van der Waals surface area (Å²) in [6, 6.07) is 5.40. The minimum Gasteiger partial charge on any atom is -0.348 e. The highest BCUT2D eigenvalue weighted by Gasteiger charge is 2.13. The van der Waals surface area contributed by atoms with Crippen LogP contribution in [0.3, 0.4) is 0 Å². The van der Waals surface area contributed by atoms with Crippen LogP contribution in [0.25, 0.3) is 0 Å². The van der Waals surface area contributed by atoms with Gasteiger partial charge in [0.1, 0.15) is 0 Å². The Bertz CT molecular complexity index is 571. The fraction of sp³-hybridized carbons (Fsp3) is 0.231. The van der Waals surface area contributed by atoms with Crippen molar-refractivity contribution in [3.05, 3.63) is 47.0 Å². The average Bonchev–Trinajstić information content (AvgIpc) is 2.84. The van der Waals surface area contributed by atoms with Gasteiger partial charge in [-0.3, -0.25) is 4.79 Å². The summed E-state index contributed by atoms with van der Waals surface area (Å²) in [5.41, 5.74) is 0.588. The van der Waals surface area contributed by atoms with Crippen molar-refractivity contribution < 1.29 is 4.79 Å². The Balaban J connectivity index is 2.02. The zero-order chi connectivity index (χ0) is 13.8.